The molecule has 2 aliphatic carbocycles. The molecule has 0 radical (unpaired) electrons. The molecule has 2 aliphatic rings. The van der Waals surface area contributed by atoms with Crippen LogP contribution in [0.5, 0.6) is 0 Å². The molecule has 7 rings (SSSR count). The van der Waals surface area contributed by atoms with E-state index in [-0.39, 0.29) is 0 Å². The van der Waals surface area contributed by atoms with Gasteiger partial charge in [-0.15, -0.1) is 13.2 Å². The minimum Gasteiger partial charge on any atom is -0.102 e. The fourth-order valence-electron chi connectivity index (χ4n) is 6.81. The Morgan fingerprint density at radius 3 is 1.14 bits per heavy atom. The zero-order chi connectivity index (χ0) is 24.3. The predicted octanol–water partition coefficient (Wildman–Crippen LogP) is 8.69. The number of hydrogen-bond donors (Lipinski definition) is 0. The molecule has 0 nitrogen and oxygen atoms in total. The maximum absolute atomic E-state index is 4.40. The van der Waals surface area contributed by atoms with Crippen molar-refractivity contribution < 1.29 is 0 Å². The van der Waals surface area contributed by atoms with Crippen molar-refractivity contribution >= 4 is 0 Å². The summed E-state index contributed by atoms with van der Waals surface area (Å²) in [7, 11) is 0. The van der Waals surface area contributed by atoms with Gasteiger partial charge in [0.1, 0.15) is 0 Å². The number of hydrogen-bond acceptors (Lipinski definition) is 0. The standard InChI is InChI=1S/C36H26/c1-3-35(25-15-7-5-8-16-25)31-21-13-11-19-27(31)29-24-34-30(23-33(29)35)28-20-12-14-22-32(28)36(34,4-2)26-17-9-6-10-18-26/h3-24H,1-2H2. The minimum absolute atomic E-state index is 0.399. The first-order valence-electron chi connectivity index (χ1n) is 12.5. The van der Waals surface area contributed by atoms with E-state index in [1.165, 1.54) is 55.6 Å². The largest absolute Gasteiger partial charge is 0.102 e. The highest BCUT2D eigenvalue weighted by Crippen LogP contribution is 2.59. The van der Waals surface area contributed by atoms with Gasteiger partial charge in [-0.25, -0.2) is 0 Å². The summed E-state index contributed by atoms with van der Waals surface area (Å²) in [5.41, 5.74) is 12.0. The first-order valence-corrected chi connectivity index (χ1v) is 12.5. The molecular formula is C36H26. The summed E-state index contributed by atoms with van der Waals surface area (Å²) >= 11 is 0. The molecule has 0 fully saturated rings. The van der Waals surface area contributed by atoms with Crippen LogP contribution in [0.2, 0.25) is 0 Å². The van der Waals surface area contributed by atoms with E-state index >= 15 is 0 Å². The summed E-state index contributed by atoms with van der Waals surface area (Å²) in [6, 6.07) is 44.1. The van der Waals surface area contributed by atoms with Crippen LogP contribution < -0.4 is 0 Å². The highest BCUT2D eigenvalue weighted by Gasteiger charge is 2.47. The van der Waals surface area contributed by atoms with Crippen LogP contribution in [-0.4, -0.2) is 0 Å². The van der Waals surface area contributed by atoms with Crippen molar-refractivity contribution in [3.63, 3.8) is 0 Å². The first kappa shape index (κ1) is 20.9. The predicted molar refractivity (Wildman–Crippen MR) is 150 cm³/mol. The van der Waals surface area contributed by atoms with Gasteiger partial charge in [0.2, 0.25) is 0 Å². The van der Waals surface area contributed by atoms with Crippen LogP contribution in [0.4, 0.5) is 0 Å². The van der Waals surface area contributed by atoms with Gasteiger partial charge < -0.3 is 0 Å². The zero-order valence-corrected chi connectivity index (χ0v) is 20.1. The van der Waals surface area contributed by atoms with E-state index in [1.807, 2.05) is 0 Å². The molecule has 0 heterocycles. The van der Waals surface area contributed by atoms with Crippen LogP contribution >= 0.6 is 0 Å². The normalized spacial score (nSPS) is 20.7. The molecule has 5 aromatic carbocycles. The monoisotopic (exact) mass is 458 g/mol. The molecule has 0 aromatic heterocycles. The second-order valence-corrected chi connectivity index (χ2v) is 9.79. The summed E-state index contributed by atoms with van der Waals surface area (Å²) in [6.45, 7) is 8.81. The Bertz CT molecular complexity index is 1530. The molecule has 0 spiro atoms. The summed E-state index contributed by atoms with van der Waals surface area (Å²) < 4.78 is 0. The summed E-state index contributed by atoms with van der Waals surface area (Å²) in [4.78, 5) is 0. The quantitative estimate of drug-likeness (QED) is 0.236. The average Bonchev–Trinajstić information content (AvgIpc) is 3.40. The number of benzene rings is 5. The molecule has 0 amide bonds. The van der Waals surface area contributed by atoms with Crippen molar-refractivity contribution in [1.29, 1.82) is 0 Å². The fourth-order valence-corrected chi connectivity index (χ4v) is 6.81. The average molecular weight is 459 g/mol. The first-order chi connectivity index (χ1) is 17.8. The molecule has 36 heavy (non-hydrogen) atoms. The van der Waals surface area contributed by atoms with Gasteiger partial charge in [-0.1, -0.05) is 121 Å². The third-order valence-corrected chi connectivity index (χ3v) is 8.36. The Labute approximate surface area is 212 Å². The molecule has 2 unspecified atom stereocenters. The van der Waals surface area contributed by atoms with E-state index in [4.69, 9.17) is 0 Å². The topological polar surface area (TPSA) is 0 Å². The molecule has 5 aromatic rings. The Balaban J connectivity index is 1.62. The Morgan fingerprint density at radius 2 is 0.750 bits per heavy atom. The molecule has 0 heteroatoms. The van der Waals surface area contributed by atoms with Gasteiger partial charge in [0.05, 0.1) is 10.8 Å². The Hall–Kier alpha value is -4.42. The van der Waals surface area contributed by atoms with Crippen LogP contribution in [0.25, 0.3) is 22.3 Å². The third kappa shape index (κ3) is 2.44. The molecule has 0 N–H and O–H groups in total. The van der Waals surface area contributed by atoms with Gasteiger partial charge in [-0.3, -0.25) is 0 Å². The molecule has 0 bridgehead atoms. The third-order valence-electron chi connectivity index (χ3n) is 8.36. The molecule has 170 valence electrons. The SMILES string of the molecule is C=CC1(c2ccccc2)c2ccccc2-c2cc3c(cc21)-c1ccccc1C3(C=C)c1ccccc1. The minimum atomic E-state index is -0.399. The van der Waals surface area contributed by atoms with Gasteiger partial charge in [0, 0.05) is 0 Å². The highest BCUT2D eigenvalue weighted by molar-refractivity contribution is 5.93. The van der Waals surface area contributed by atoms with Gasteiger partial charge >= 0.3 is 0 Å². The van der Waals surface area contributed by atoms with Crippen LogP contribution in [0.1, 0.15) is 33.4 Å². The van der Waals surface area contributed by atoms with Gasteiger partial charge in [-0.05, 0) is 67.8 Å². The molecule has 0 aliphatic heterocycles. The lowest BCUT2D eigenvalue weighted by Gasteiger charge is -2.31. The van der Waals surface area contributed by atoms with Crippen molar-refractivity contribution in [3.8, 4) is 22.3 Å². The Morgan fingerprint density at radius 1 is 0.389 bits per heavy atom. The molecule has 0 saturated carbocycles. The van der Waals surface area contributed by atoms with Crippen molar-refractivity contribution in [2.45, 2.75) is 10.8 Å². The van der Waals surface area contributed by atoms with Crippen molar-refractivity contribution in [2.75, 3.05) is 0 Å². The second kappa shape index (κ2) is 7.54. The van der Waals surface area contributed by atoms with Crippen molar-refractivity contribution in [3.05, 3.63) is 180 Å². The van der Waals surface area contributed by atoms with E-state index in [2.05, 4.69) is 147 Å². The number of allylic oxidation sites excluding steroid dienone is 2. The summed E-state index contributed by atoms with van der Waals surface area (Å²) in [6.07, 6.45) is 4.27. The summed E-state index contributed by atoms with van der Waals surface area (Å²) in [5.74, 6) is 0. The highest BCUT2D eigenvalue weighted by atomic mass is 14.5. The maximum atomic E-state index is 4.40. The van der Waals surface area contributed by atoms with Crippen LogP contribution in [0, 0.1) is 0 Å². The maximum Gasteiger partial charge on any atom is 0.0641 e. The second-order valence-electron chi connectivity index (χ2n) is 9.79. The van der Waals surface area contributed by atoms with Gasteiger partial charge in [-0.2, -0.15) is 0 Å². The smallest absolute Gasteiger partial charge is 0.0641 e. The van der Waals surface area contributed by atoms with E-state index in [0.717, 1.165) is 0 Å². The lowest BCUT2D eigenvalue weighted by molar-refractivity contribution is 0.796. The zero-order valence-electron chi connectivity index (χ0n) is 20.1. The molecular weight excluding hydrogens is 432 g/mol. The van der Waals surface area contributed by atoms with E-state index in [9.17, 15) is 0 Å². The van der Waals surface area contributed by atoms with Gasteiger partial charge in [0.15, 0.2) is 0 Å². The fraction of sp³-hybridized carbons (Fsp3) is 0.0556. The van der Waals surface area contributed by atoms with Crippen LogP contribution in [-0.2, 0) is 10.8 Å². The van der Waals surface area contributed by atoms with Gasteiger partial charge in [0.25, 0.3) is 0 Å². The van der Waals surface area contributed by atoms with Crippen molar-refractivity contribution in [1.82, 2.24) is 0 Å². The lowest BCUT2D eigenvalue weighted by Crippen LogP contribution is -2.25. The number of fused-ring (bicyclic) bond motifs is 6. The summed E-state index contributed by atoms with van der Waals surface area (Å²) in [5, 5.41) is 0. The number of rotatable bonds is 4. The Kier molecular flexibility index (Phi) is 4.38. The van der Waals surface area contributed by atoms with Crippen LogP contribution in [0.15, 0.2) is 147 Å². The van der Waals surface area contributed by atoms with E-state index in [1.54, 1.807) is 0 Å². The molecule has 0 saturated heterocycles. The van der Waals surface area contributed by atoms with Crippen molar-refractivity contribution in [2.24, 2.45) is 0 Å². The van der Waals surface area contributed by atoms with E-state index in [0.29, 0.717) is 0 Å². The van der Waals surface area contributed by atoms with E-state index < -0.39 is 10.8 Å². The van der Waals surface area contributed by atoms with Crippen LogP contribution in [0.3, 0.4) is 0 Å². The molecule has 2 atom stereocenters. The lowest BCUT2D eigenvalue weighted by atomic mass is 9.70.